The number of non-ortho nitro benzene ring substituents is 1. The number of hydrogen-bond donors (Lipinski definition) is 0. The van der Waals surface area contributed by atoms with E-state index in [0.717, 1.165) is 6.07 Å². The zero-order chi connectivity index (χ0) is 13.8. The third kappa shape index (κ3) is 2.79. The fourth-order valence-corrected chi connectivity index (χ4v) is 1.51. The van der Waals surface area contributed by atoms with Gasteiger partial charge in [-0.1, -0.05) is 12.1 Å². The predicted octanol–water partition coefficient (Wildman–Crippen LogP) is 3.53. The monoisotopic (exact) mass is 263 g/mol. The zero-order valence-electron chi connectivity index (χ0n) is 10.00. The maximum absolute atomic E-state index is 13.7. The molecule has 0 atom stereocenters. The van der Waals surface area contributed by atoms with E-state index in [1.807, 2.05) is 0 Å². The number of methoxy groups -OCH3 is 1. The molecule has 5 nitrogen and oxygen atoms in total. The molecule has 0 fully saturated rings. The van der Waals surface area contributed by atoms with Crippen LogP contribution in [0.4, 0.5) is 10.1 Å². The van der Waals surface area contributed by atoms with E-state index in [-0.39, 0.29) is 11.4 Å². The Balaban J connectivity index is 2.31. The molecule has 0 radical (unpaired) electrons. The van der Waals surface area contributed by atoms with Gasteiger partial charge in [0.1, 0.15) is 0 Å². The Morgan fingerprint density at radius 2 is 1.79 bits per heavy atom. The smallest absolute Gasteiger partial charge is 0.272 e. The second-order valence-electron chi connectivity index (χ2n) is 3.62. The predicted molar refractivity (Wildman–Crippen MR) is 66.1 cm³/mol. The van der Waals surface area contributed by atoms with Gasteiger partial charge < -0.3 is 9.47 Å². The van der Waals surface area contributed by atoms with Crippen LogP contribution in [0.5, 0.6) is 17.2 Å². The van der Waals surface area contributed by atoms with Crippen LogP contribution < -0.4 is 9.47 Å². The second-order valence-corrected chi connectivity index (χ2v) is 3.62. The topological polar surface area (TPSA) is 61.6 Å². The van der Waals surface area contributed by atoms with Crippen molar-refractivity contribution in [3.8, 4) is 17.2 Å². The molecule has 0 bridgehead atoms. The lowest BCUT2D eigenvalue weighted by Gasteiger charge is -2.10. The number of para-hydroxylation sites is 2. The third-order valence-electron chi connectivity index (χ3n) is 2.42. The summed E-state index contributed by atoms with van der Waals surface area (Å²) in [5.74, 6) is -0.131. The van der Waals surface area contributed by atoms with Gasteiger partial charge in [-0.2, -0.15) is 0 Å². The Morgan fingerprint density at radius 1 is 1.11 bits per heavy atom. The van der Waals surface area contributed by atoms with Crippen LogP contribution in [-0.2, 0) is 0 Å². The molecule has 0 spiro atoms. The molecule has 0 aliphatic heterocycles. The number of nitro groups is 1. The highest BCUT2D eigenvalue weighted by atomic mass is 19.1. The standard InChI is InChI=1S/C13H10FNO4/c1-18-12-4-2-3-5-13(12)19-11-7-6-9(15(16)17)8-10(11)14/h2-8H,1H3. The molecule has 0 unspecified atom stereocenters. The first-order valence-electron chi connectivity index (χ1n) is 5.36. The molecule has 2 aromatic rings. The summed E-state index contributed by atoms with van der Waals surface area (Å²) in [5.41, 5.74) is -0.329. The van der Waals surface area contributed by atoms with Gasteiger partial charge >= 0.3 is 0 Å². The first-order chi connectivity index (χ1) is 9.11. The number of halogens is 1. The van der Waals surface area contributed by atoms with Gasteiger partial charge in [0.2, 0.25) is 0 Å². The van der Waals surface area contributed by atoms with Crippen LogP contribution in [0.2, 0.25) is 0 Å². The van der Waals surface area contributed by atoms with Crippen molar-refractivity contribution in [1.29, 1.82) is 0 Å². The third-order valence-corrected chi connectivity index (χ3v) is 2.42. The van der Waals surface area contributed by atoms with E-state index in [4.69, 9.17) is 9.47 Å². The van der Waals surface area contributed by atoms with E-state index < -0.39 is 10.7 Å². The van der Waals surface area contributed by atoms with Crippen LogP contribution in [0.3, 0.4) is 0 Å². The molecule has 2 aromatic carbocycles. The lowest BCUT2D eigenvalue weighted by molar-refractivity contribution is -0.385. The molecule has 0 N–H and O–H groups in total. The van der Waals surface area contributed by atoms with Crippen LogP contribution in [0.1, 0.15) is 0 Å². The second kappa shape index (κ2) is 5.34. The van der Waals surface area contributed by atoms with Crippen molar-refractivity contribution < 1.29 is 18.8 Å². The molecule has 0 saturated heterocycles. The SMILES string of the molecule is COc1ccccc1Oc1ccc([N+](=O)[O-])cc1F. The summed E-state index contributed by atoms with van der Waals surface area (Å²) < 4.78 is 24.1. The number of ether oxygens (including phenoxy) is 2. The Bertz CT molecular complexity index is 615. The first-order valence-corrected chi connectivity index (χ1v) is 5.36. The molecule has 0 aliphatic rings. The minimum atomic E-state index is -0.805. The Kier molecular flexibility index (Phi) is 3.61. The summed E-state index contributed by atoms with van der Waals surface area (Å²) in [6, 6.07) is 9.93. The van der Waals surface area contributed by atoms with Gasteiger partial charge in [0.05, 0.1) is 18.1 Å². The van der Waals surface area contributed by atoms with E-state index >= 15 is 0 Å². The van der Waals surface area contributed by atoms with E-state index in [0.29, 0.717) is 11.5 Å². The molecule has 0 aliphatic carbocycles. The molecule has 0 amide bonds. The molecule has 98 valence electrons. The van der Waals surface area contributed by atoms with Gasteiger partial charge in [-0.05, 0) is 18.2 Å². The average Bonchev–Trinajstić information content (AvgIpc) is 2.41. The number of benzene rings is 2. The number of rotatable bonds is 4. The van der Waals surface area contributed by atoms with Gasteiger partial charge in [-0.15, -0.1) is 0 Å². The van der Waals surface area contributed by atoms with Crippen LogP contribution >= 0.6 is 0 Å². The summed E-state index contributed by atoms with van der Waals surface area (Å²) in [5, 5.41) is 10.5. The first kappa shape index (κ1) is 12.8. The lowest BCUT2D eigenvalue weighted by atomic mass is 10.3. The largest absolute Gasteiger partial charge is 0.493 e. The van der Waals surface area contributed by atoms with E-state index in [1.54, 1.807) is 24.3 Å². The van der Waals surface area contributed by atoms with E-state index in [9.17, 15) is 14.5 Å². The summed E-state index contributed by atoms with van der Waals surface area (Å²) in [4.78, 5) is 9.83. The quantitative estimate of drug-likeness (QED) is 0.625. The lowest BCUT2D eigenvalue weighted by Crippen LogP contribution is -1.94. The minimum Gasteiger partial charge on any atom is -0.493 e. The molecular weight excluding hydrogens is 253 g/mol. The molecule has 0 aromatic heterocycles. The Morgan fingerprint density at radius 3 is 2.37 bits per heavy atom. The maximum atomic E-state index is 13.7. The van der Waals surface area contributed by atoms with Crippen molar-refractivity contribution in [3.63, 3.8) is 0 Å². The van der Waals surface area contributed by atoms with Crippen molar-refractivity contribution in [2.75, 3.05) is 7.11 Å². The van der Waals surface area contributed by atoms with Crippen LogP contribution in [-0.4, -0.2) is 12.0 Å². The fraction of sp³-hybridized carbons (Fsp3) is 0.0769. The van der Waals surface area contributed by atoms with Crippen molar-refractivity contribution >= 4 is 5.69 Å². The fourth-order valence-electron chi connectivity index (χ4n) is 1.51. The van der Waals surface area contributed by atoms with Gasteiger partial charge in [-0.3, -0.25) is 10.1 Å². The van der Waals surface area contributed by atoms with Gasteiger partial charge in [-0.25, -0.2) is 4.39 Å². The Labute approximate surface area is 108 Å². The molecule has 0 heterocycles. The molecule has 2 rings (SSSR count). The van der Waals surface area contributed by atoms with E-state index in [1.165, 1.54) is 19.2 Å². The summed E-state index contributed by atoms with van der Waals surface area (Å²) in [6.45, 7) is 0. The van der Waals surface area contributed by atoms with Crippen molar-refractivity contribution in [3.05, 3.63) is 58.4 Å². The van der Waals surface area contributed by atoms with Crippen molar-refractivity contribution in [2.24, 2.45) is 0 Å². The normalized spacial score (nSPS) is 10.0. The minimum absolute atomic E-state index is 0.102. The number of hydrogen-bond acceptors (Lipinski definition) is 4. The molecular formula is C13H10FNO4. The van der Waals surface area contributed by atoms with Crippen LogP contribution in [0.25, 0.3) is 0 Å². The summed E-state index contributed by atoms with van der Waals surface area (Å²) in [7, 11) is 1.47. The van der Waals surface area contributed by atoms with E-state index in [2.05, 4.69) is 0 Å². The molecule has 19 heavy (non-hydrogen) atoms. The summed E-state index contributed by atoms with van der Waals surface area (Å²) >= 11 is 0. The van der Waals surface area contributed by atoms with Crippen molar-refractivity contribution in [2.45, 2.75) is 0 Å². The van der Waals surface area contributed by atoms with Gasteiger partial charge in [0.15, 0.2) is 23.1 Å². The summed E-state index contributed by atoms with van der Waals surface area (Å²) in [6.07, 6.45) is 0. The Hall–Kier alpha value is -2.63. The molecule has 6 heteroatoms. The highest BCUT2D eigenvalue weighted by Gasteiger charge is 2.13. The highest BCUT2D eigenvalue weighted by molar-refractivity contribution is 5.45. The number of nitro benzene ring substituents is 1. The highest BCUT2D eigenvalue weighted by Crippen LogP contribution is 2.33. The molecule has 0 saturated carbocycles. The van der Waals surface area contributed by atoms with Crippen LogP contribution in [0.15, 0.2) is 42.5 Å². The van der Waals surface area contributed by atoms with Crippen LogP contribution in [0, 0.1) is 15.9 Å². The number of nitrogens with zero attached hydrogens (tertiary/aromatic N) is 1. The zero-order valence-corrected chi connectivity index (χ0v) is 10.00. The maximum Gasteiger partial charge on any atom is 0.272 e. The van der Waals surface area contributed by atoms with Gasteiger partial charge in [0.25, 0.3) is 5.69 Å². The van der Waals surface area contributed by atoms with Crippen molar-refractivity contribution in [1.82, 2.24) is 0 Å². The van der Waals surface area contributed by atoms with Gasteiger partial charge in [0, 0.05) is 6.07 Å². The average molecular weight is 263 g/mol.